The van der Waals surface area contributed by atoms with E-state index in [9.17, 15) is 9.59 Å². The summed E-state index contributed by atoms with van der Waals surface area (Å²) < 4.78 is 0. The van der Waals surface area contributed by atoms with Crippen molar-refractivity contribution < 1.29 is 19.5 Å². The molecule has 0 aliphatic heterocycles. The molecule has 1 amide bonds. The largest absolute Gasteiger partial charge is 0.480 e. The second-order valence-corrected chi connectivity index (χ2v) is 4.78. The van der Waals surface area contributed by atoms with E-state index in [4.69, 9.17) is 10.8 Å². The third-order valence-corrected chi connectivity index (χ3v) is 2.78. The van der Waals surface area contributed by atoms with E-state index in [1.54, 1.807) is 20.8 Å². The van der Waals surface area contributed by atoms with Crippen molar-refractivity contribution in [3.05, 3.63) is 0 Å². The molecule has 0 bridgehead atoms. The zero-order valence-corrected chi connectivity index (χ0v) is 10.4. The van der Waals surface area contributed by atoms with Crippen molar-refractivity contribution in [2.24, 2.45) is 11.1 Å². The summed E-state index contributed by atoms with van der Waals surface area (Å²) in [6, 6.07) is 0. The fourth-order valence-electron chi connectivity index (χ4n) is 1.11. The molecule has 0 aliphatic rings. The van der Waals surface area contributed by atoms with Gasteiger partial charge in [-0.15, -0.1) is 0 Å². The number of carboxylic acids is 1. The van der Waals surface area contributed by atoms with Gasteiger partial charge in [-0.3, -0.25) is 14.4 Å². The highest BCUT2D eigenvalue weighted by molar-refractivity contribution is 5.88. The summed E-state index contributed by atoms with van der Waals surface area (Å²) in [5.41, 5.74) is 3.46. The summed E-state index contributed by atoms with van der Waals surface area (Å²) >= 11 is 0. The van der Waals surface area contributed by atoms with Crippen LogP contribution >= 0.6 is 0 Å². The average molecular weight is 232 g/mol. The van der Waals surface area contributed by atoms with Crippen LogP contribution in [0.15, 0.2) is 0 Å². The summed E-state index contributed by atoms with van der Waals surface area (Å²) in [5.74, 6) is -1.67. The monoisotopic (exact) mass is 232 g/mol. The summed E-state index contributed by atoms with van der Waals surface area (Å²) in [6.45, 7) is 5.05. The number of aliphatic carboxylic acids is 1. The van der Waals surface area contributed by atoms with Gasteiger partial charge in [0.25, 0.3) is 0 Å². The fraction of sp³-hybridized carbons (Fsp3) is 0.800. The minimum absolute atomic E-state index is 0.309. The molecule has 1 unspecified atom stereocenters. The van der Waals surface area contributed by atoms with Crippen molar-refractivity contribution in [1.82, 2.24) is 5.06 Å². The highest BCUT2D eigenvalue weighted by Crippen LogP contribution is 2.31. The van der Waals surface area contributed by atoms with Gasteiger partial charge in [0, 0.05) is 7.05 Å². The summed E-state index contributed by atoms with van der Waals surface area (Å²) in [7, 11) is 2.74. The number of nitrogens with two attached hydrogens (primary N) is 1. The zero-order valence-electron chi connectivity index (χ0n) is 10.4. The predicted molar refractivity (Wildman–Crippen MR) is 58.4 cm³/mol. The number of carbonyl (C=O) groups is 2. The van der Waals surface area contributed by atoms with Crippen LogP contribution in [0, 0.1) is 5.41 Å². The molecule has 0 saturated heterocycles. The lowest BCUT2D eigenvalue weighted by atomic mass is 9.72. The van der Waals surface area contributed by atoms with Crippen molar-refractivity contribution in [3.63, 3.8) is 0 Å². The van der Waals surface area contributed by atoms with Gasteiger partial charge in [0.1, 0.15) is 5.54 Å². The number of carboxylic acid groups (broad SMARTS) is 1. The molecule has 3 N–H and O–H groups in total. The van der Waals surface area contributed by atoms with E-state index in [1.807, 2.05) is 0 Å². The van der Waals surface area contributed by atoms with Crippen LogP contribution in [-0.4, -0.2) is 41.7 Å². The molecular formula is C10H20N2O4. The lowest BCUT2D eigenvalue weighted by molar-refractivity contribution is -0.174. The summed E-state index contributed by atoms with van der Waals surface area (Å²) in [6.07, 6.45) is -0.309. The number of carbonyl (C=O) groups excluding carboxylic acids is 1. The lowest BCUT2D eigenvalue weighted by Crippen LogP contribution is -2.59. The summed E-state index contributed by atoms with van der Waals surface area (Å²) in [4.78, 5) is 27.5. The molecule has 0 radical (unpaired) electrons. The van der Waals surface area contributed by atoms with E-state index in [0.29, 0.717) is 0 Å². The van der Waals surface area contributed by atoms with Crippen molar-refractivity contribution in [2.45, 2.75) is 32.7 Å². The maximum atomic E-state index is 11.6. The number of hydrogen-bond acceptors (Lipinski definition) is 4. The Bertz CT molecular complexity index is 285. The van der Waals surface area contributed by atoms with Crippen LogP contribution in [0.2, 0.25) is 0 Å². The number of hydroxylamine groups is 2. The first kappa shape index (κ1) is 14.9. The molecule has 0 aromatic rings. The van der Waals surface area contributed by atoms with Gasteiger partial charge in [-0.2, -0.15) is 0 Å². The molecule has 1 atom stereocenters. The smallest absolute Gasteiger partial charge is 0.324 e. The van der Waals surface area contributed by atoms with Gasteiger partial charge in [-0.1, -0.05) is 20.8 Å². The van der Waals surface area contributed by atoms with Gasteiger partial charge in [0.2, 0.25) is 5.91 Å². The third kappa shape index (κ3) is 2.93. The molecule has 6 heteroatoms. The van der Waals surface area contributed by atoms with Crippen LogP contribution < -0.4 is 5.73 Å². The minimum Gasteiger partial charge on any atom is -0.480 e. The Morgan fingerprint density at radius 1 is 1.38 bits per heavy atom. The van der Waals surface area contributed by atoms with Crippen LogP contribution in [0.3, 0.4) is 0 Å². The molecule has 0 rings (SSSR count). The molecule has 0 aromatic heterocycles. The molecular weight excluding hydrogens is 212 g/mol. The molecule has 94 valence electrons. The highest BCUT2D eigenvalue weighted by Gasteiger charge is 2.47. The second kappa shape index (κ2) is 4.80. The third-order valence-electron chi connectivity index (χ3n) is 2.78. The molecule has 0 spiro atoms. The van der Waals surface area contributed by atoms with Gasteiger partial charge in [-0.05, 0) is 5.41 Å². The topological polar surface area (TPSA) is 92.9 Å². The fourth-order valence-corrected chi connectivity index (χ4v) is 1.11. The maximum Gasteiger partial charge on any atom is 0.324 e. The van der Waals surface area contributed by atoms with Crippen LogP contribution in [0.5, 0.6) is 0 Å². The van der Waals surface area contributed by atoms with Gasteiger partial charge in [0.15, 0.2) is 0 Å². The molecule has 0 aromatic carbocycles. The van der Waals surface area contributed by atoms with E-state index < -0.39 is 22.8 Å². The van der Waals surface area contributed by atoms with Crippen LogP contribution in [0.4, 0.5) is 0 Å². The first-order valence-electron chi connectivity index (χ1n) is 4.89. The van der Waals surface area contributed by atoms with Crippen molar-refractivity contribution in [1.29, 1.82) is 0 Å². The van der Waals surface area contributed by atoms with E-state index in [1.165, 1.54) is 14.2 Å². The Labute approximate surface area is 95.3 Å². The number of nitrogens with zero attached hydrogens (tertiary/aromatic N) is 1. The SMILES string of the molecule is CON(C)C(=O)CC(N)(C(=O)O)C(C)(C)C. The summed E-state index contributed by atoms with van der Waals surface area (Å²) in [5, 5.41) is 10.1. The molecule has 16 heavy (non-hydrogen) atoms. The molecule has 6 nitrogen and oxygen atoms in total. The average Bonchev–Trinajstić information content (AvgIpc) is 2.14. The Morgan fingerprint density at radius 3 is 2.06 bits per heavy atom. The van der Waals surface area contributed by atoms with Gasteiger partial charge >= 0.3 is 5.97 Å². The molecule has 0 heterocycles. The Kier molecular flexibility index (Phi) is 4.45. The van der Waals surface area contributed by atoms with Crippen molar-refractivity contribution in [3.8, 4) is 0 Å². The van der Waals surface area contributed by atoms with Crippen LogP contribution in [0.25, 0.3) is 0 Å². The number of amides is 1. The molecule has 0 saturated carbocycles. The van der Waals surface area contributed by atoms with Gasteiger partial charge in [-0.25, -0.2) is 5.06 Å². The Morgan fingerprint density at radius 2 is 1.81 bits per heavy atom. The van der Waals surface area contributed by atoms with Crippen molar-refractivity contribution in [2.75, 3.05) is 14.2 Å². The quantitative estimate of drug-likeness (QED) is 0.676. The second-order valence-electron chi connectivity index (χ2n) is 4.78. The molecule has 0 fully saturated rings. The Balaban J connectivity index is 4.99. The van der Waals surface area contributed by atoms with Gasteiger partial charge in [0.05, 0.1) is 13.5 Å². The van der Waals surface area contributed by atoms with E-state index >= 15 is 0 Å². The number of hydrogen-bond donors (Lipinski definition) is 2. The standard InChI is InChI=1S/C10H20N2O4/c1-9(2,3)10(11,8(14)15)6-7(13)12(4)16-5/h6,11H2,1-5H3,(H,14,15). The Hall–Kier alpha value is -1.14. The normalized spacial score (nSPS) is 15.4. The van der Waals surface area contributed by atoms with Crippen molar-refractivity contribution >= 4 is 11.9 Å². The van der Waals surface area contributed by atoms with E-state index in [-0.39, 0.29) is 6.42 Å². The zero-order chi connectivity index (χ0) is 13.1. The van der Waals surface area contributed by atoms with E-state index in [0.717, 1.165) is 5.06 Å². The van der Waals surface area contributed by atoms with Crippen LogP contribution in [0.1, 0.15) is 27.2 Å². The first-order valence-corrected chi connectivity index (χ1v) is 4.89. The lowest BCUT2D eigenvalue weighted by Gasteiger charge is -2.37. The van der Waals surface area contributed by atoms with Crippen LogP contribution in [-0.2, 0) is 14.4 Å². The first-order chi connectivity index (χ1) is 7.06. The van der Waals surface area contributed by atoms with E-state index in [2.05, 4.69) is 4.84 Å². The maximum absolute atomic E-state index is 11.6. The highest BCUT2D eigenvalue weighted by atomic mass is 16.7. The predicted octanol–water partition coefficient (Wildman–Crippen LogP) is 0.224. The molecule has 0 aliphatic carbocycles. The van der Waals surface area contributed by atoms with Gasteiger partial charge < -0.3 is 10.8 Å². The minimum atomic E-state index is -1.61. The number of rotatable bonds is 4.